The Labute approximate surface area is 155 Å². The number of aromatic nitrogens is 2. The Morgan fingerprint density at radius 2 is 2.12 bits per heavy atom. The molecule has 1 aliphatic carbocycles. The average molecular weight is 362 g/mol. The number of ether oxygens (including phenoxy) is 1. The van der Waals surface area contributed by atoms with Gasteiger partial charge in [-0.3, -0.25) is 0 Å². The van der Waals surface area contributed by atoms with E-state index in [0.717, 1.165) is 37.1 Å². The molecule has 0 spiro atoms. The van der Waals surface area contributed by atoms with E-state index in [-0.39, 0.29) is 18.1 Å². The largest absolute Gasteiger partial charge is 0.444 e. The molecule has 0 radical (unpaired) electrons. The van der Waals surface area contributed by atoms with Crippen LogP contribution >= 0.6 is 0 Å². The molecule has 2 fully saturated rings. The molecule has 0 aromatic carbocycles. The van der Waals surface area contributed by atoms with Crippen LogP contribution < -0.4 is 16.0 Å². The van der Waals surface area contributed by atoms with Crippen molar-refractivity contribution < 1.29 is 9.53 Å². The van der Waals surface area contributed by atoms with Gasteiger partial charge in [0.2, 0.25) is 5.95 Å². The van der Waals surface area contributed by atoms with Gasteiger partial charge in [-0.15, -0.1) is 0 Å². The van der Waals surface area contributed by atoms with E-state index in [4.69, 9.17) is 10.5 Å². The zero-order valence-electron chi connectivity index (χ0n) is 16.2. The second-order valence-electron chi connectivity index (χ2n) is 8.27. The number of nitrogens with one attached hydrogen (secondary N) is 1. The highest BCUT2D eigenvalue weighted by molar-refractivity contribution is 5.68. The van der Waals surface area contributed by atoms with Gasteiger partial charge in [0.25, 0.3) is 0 Å². The van der Waals surface area contributed by atoms with E-state index in [1.807, 2.05) is 26.8 Å². The summed E-state index contributed by atoms with van der Waals surface area (Å²) < 4.78 is 5.46. The van der Waals surface area contributed by atoms with E-state index in [9.17, 15) is 4.79 Å². The number of rotatable bonds is 5. The monoisotopic (exact) mass is 362 g/mol. The number of carbonyl (C=O) groups excluding carboxylic acids is 1. The van der Waals surface area contributed by atoms with Crippen LogP contribution in [-0.2, 0) is 4.74 Å². The first-order chi connectivity index (χ1) is 12.2. The third-order valence-electron chi connectivity index (χ3n) is 4.72. The molecule has 1 aromatic heterocycles. The number of hydrogen-bond donors (Lipinski definition) is 2. The Hall–Kier alpha value is -2.25. The van der Waals surface area contributed by atoms with Gasteiger partial charge < -0.3 is 25.6 Å². The van der Waals surface area contributed by atoms with Crippen molar-refractivity contribution in [2.45, 2.75) is 51.7 Å². The van der Waals surface area contributed by atoms with E-state index in [0.29, 0.717) is 6.54 Å². The van der Waals surface area contributed by atoms with Crippen LogP contribution in [0, 0.1) is 5.92 Å². The summed E-state index contributed by atoms with van der Waals surface area (Å²) >= 11 is 0. The summed E-state index contributed by atoms with van der Waals surface area (Å²) in [7, 11) is 1.79. The van der Waals surface area contributed by atoms with Crippen molar-refractivity contribution in [2.24, 2.45) is 5.92 Å². The van der Waals surface area contributed by atoms with Gasteiger partial charge in [-0.1, -0.05) is 0 Å². The maximum Gasteiger partial charge on any atom is 0.410 e. The molecule has 26 heavy (non-hydrogen) atoms. The molecule has 1 atom stereocenters. The van der Waals surface area contributed by atoms with Gasteiger partial charge in [0.15, 0.2) is 0 Å². The first-order valence-electron chi connectivity index (χ1n) is 9.30. The lowest BCUT2D eigenvalue weighted by Gasteiger charge is -2.28. The highest BCUT2D eigenvalue weighted by atomic mass is 16.6. The molecule has 8 heteroatoms. The van der Waals surface area contributed by atoms with Crippen LogP contribution in [0.5, 0.6) is 0 Å². The van der Waals surface area contributed by atoms with Crippen LogP contribution in [0.3, 0.4) is 0 Å². The summed E-state index contributed by atoms with van der Waals surface area (Å²) in [6.45, 7) is 8.07. The van der Waals surface area contributed by atoms with E-state index >= 15 is 0 Å². The molecule has 3 rings (SSSR count). The molecule has 2 heterocycles. The minimum absolute atomic E-state index is 0.0870. The fourth-order valence-electron chi connectivity index (χ4n) is 3.03. The fourth-order valence-corrected chi connectivity index (χ4v) is 3.03. The third-order valence-corrected chi connectivity index (χ3v) is 4.72. The number of nitrogens with zero attached hydrogens (tertiary/aromatic N) is 4. The standard InChI is InChI=1S/C18H30N6O2/c1-18(2,3)26-17(25)23(4)13-7-8-24(11-13)15-9-14(21-16(19)22-15)20-10-12-5-6-12/h9,12-13H,5-8,10-11H2,1-4H3,(H3,19,20,21,22)/t13-/m1/s1. The Kier molecular flexibility index (Phi) is 5.11. The number of nitrogen functional groups attached to an aromatic ring is 1. The number of amides is 1. The quantitative estimate of drug-likeness (QED) is 0.830. The average Bonchev–Trinajstić information content (AvgIpc) is 3.24. The van der Waals surface area contributed by atoms with E-state index < -0.39 is 5.60 Å². The highest BCUT2D eigenvalue weighted by Gasteiger charge is 2.32. The topological polar surface area (TPSA) is 96.6 Å². The van der Waals surface area contributed by atoms with Crippen molar-refractivity contribution in [3.05, 3.63) is 6.07 Å². The van der Waals surface area contributed by atoms with Gasteiger partial charge in [0.1, 0.15) is 17.2 Å². The normalized spacial score (nSPS) is 20.2. The number of carbonyl (C=O) groups is 1. The molecular formula is C18H30N6O2. The lowest BCUT2D eigenvalue weighted by molar-refractivity contribution is 0.0238. The van der Waals surface area contributed by atoms with Crippen molar-refractivity contribution in [1.82, 2.24) is 14.9 Å². The first-order valence-corrected chi connectivity index (χ1v) is 9.30. The number of anilines is 3. The molecule has 1 saturated carbocycles. The number of hydrogen-bond acceptors (Lipinski definition) is 7. The maximum atomic E-state index is 12.3. The molecule has 1 aromatic rings. The van der Waals surface area contributed by atoms with Crippen molar-refractivity contribution in [2.75, 3.05) is 42.6 Å². The van der Waals surface area contributed by atoms with Gasteiger partial charge in [-0.05, 0) is 46.0 Å². The summed E-state index contributed by atoms with van der Waals surface area (Å²) in [5.74, 6) is 2.59. The van der Waals surface area contributed by atoms with Crippen LogP contribution in [0.25, 0.3) is 0 Å². The maximum absolute atomic E-state index is 12.3. The lowest BCUT2D eigenvalue weighted by Crippen LogP contribution is -2.42. The van der Waals surface area contributed by atoms with Crippen molar-refractivity contribution in [3.8, 4) is 0 Å². The van der Waals surface area contributed by atoms with Crippen LogP contribution in [0.1, 0.15) is 40.0 Å². The van der Waals surface area contributed by atoms with Gasteiger partial charge >= 0.3 is 6.09 Å². The smallest absolute Gasteiger partial charge is 0.410 e. The molecule has 8 nitrogen and oxygen atoms in total. The van der Waals surface area contributed by atoms with E-state index in [1.54, 1.807) is 11.9 Å². The number of likely N-dealkylation sites (N-methyl/N-ethyl adjacent to an activating group) is 1. The predicted octanol–water partition coefficient (Wildman–Crippen LogP) is 2.33. The summed E-state index contributed by atoms with van der Waals surface area (Å²) in [5, 5.41) is 3.35. The van der Waals surface area contributed by atoms with E-state index in [2.05, 4.69) is 20.2 Å². The zero-order valence-corrected chi connectivity index (χ0v) is 16.2. The first kappa shape index (κ1) is 18.5. The van der Waals surface area contributed by atoms with Gasteiger partial charge in [0, 0.05) is 32.7 Å². The molecule has 144 valence electrons. The second kappa shape index (κ2) is 7.17. The summed E-state index contributed by atoms with van der Waals surface area (Å²) in [6, 6.07) is 2.03. The van der Waals surface area contributed by atoms with Crippen LogP contribution in [0.2, 0.25) is 0 Å². The summed E-state index contributed by atoms with van der Waals surface area (Å²) in [4.78, 5) is 24.8. The predicted molar refractivity (Wildman–Crippen MR) is 102 cm³/mol. The molecule has 3 N–H and O–H groups in total. The minimum atomic E-state index is -0.493. The SMILES string of the molecule is CN(C(=O)OC(C)(C)C)[C@@H]1CCN(c2cc(NCC3CC3)nc(N)n2)C1. The molecule has 1 saturated heterocycles. The molecular weight excluding hydrogens is 332 g/mol. The van der Waals surface area contributed by atoms with Crippen LogP contribution in [0.4, 0.5) is 22.4 Å². The van der Waals surface area contributed by atoms with Gasteiger partial charge in [-0.2, -0.15) is 9.97 Å². The fraction of sp³-hybridized carbons (Fsp3) is 0.722. The molecule has 0 bridgehead atoms. The molecule has 1 amide bonds. The molecule has 1 aliphatic heterocycles. The Balaban J connectivity index is 1.61. The molecule has 2 aliphatic rings. The minimum Gasteiger partial charge on any atom is -0.444 e. The lowest BCUT2D eigenvalue weighted by atomic mass is 10.2. The van der Waals surface area contributed by atoms with Gasteiger partial charge in [0.05, 0.1) is 6.04 Å². The van der Waals surface area contributed by atoms with Crippen molar-refractivity contribution in [3.63, 3.8) is 0 Å². The summed E-state index contributed by atoms with van der Waals surface area (Å²) in [5.41, 5.74) is 5.39. The third kappa shape index (κ3) is 4.89. The Bertz CT molecular complexity index is 656. The van der Waals surface area contributed by atoms with Crippen molar-refractivity contribution >= 4 is 23.7 Å². The zero-order chi connectivity index (χ0) is 18.9. The van der Waals surface area contributed by atoms with Crippen molar-refractivity contribution in [1.29, 1.82) is 0 Å². The number of nitrogens with two attached hydrogens (primary N) is 1. The van der Waals surface area contributed by atoms with Gasteiger partial charge in [-0.25, -0.2) is 4.79 Å². The Morgan fingerprint density at radius 3 is 2.77 bits per heavy atom. The second-order valence-corrected chi connectivity index (χ2v) is 8.27. The van der Waals surface area contributed by atoms with Crippen LogP contribution in [-0.4, -0.2) is 59.3 Å². The highest BCUT2D eigenvalue weighted by Crippen LogP contribution is 2.29. The van der Waals surface area contributed by atoms with E-state index in [1.165, 1.54) is 12.8 Å². The van der Waals surface area contributed by atoms with Crippen LogP contribution in [0.15, 0.2) is 6.07 Å². The molecule has 0 unspecified atom stereocenters. The summed E-state index contributed by atoms with van der Waals surface area (Å²) in [6.07, 6.45) is 3.14. The Morgan fingerprint density at radius 1 is 1.38 bits per heavy atom.